The van der Waals surface area contributed by atoms with E-state index < -0.39 is 0 Å². The first-order chi connectivity index (χ1) is 8.60. The highest BCUT2D eigenvalue weighted by Crippen LogP contribution is 2.30. The number of rotatable bonds is 3. The third-order valence-electron chi connectivity index (χ3n) is 3.08. The number of ether oxygens (including phenoxy) is 2. The summed E-state index contributed by atoms with van der Waals surface area (Å²) in [6, 6.07) is 5.74. The lowest BCUT2D eigenvalue weighted by Gasteiger charge is -2.07. The second kappa shape index (κ2) is 4.72. The van der Waals surface area contributed by atoms with Crippen LogP contribution in [0.3, 0.4) is 0 Å². The van der Waals surface area contributed by atoms with Crippen LogP contribution in [0, 0.1) is 6.92 Å². The highest BCUT2D eigenvalue weighted by molar-refractivity contribution is 5.98. The van der Waals surface area contributed by atoms with Crippen molar-refractivity contribution < 1.29 is 14.3 Å². The van der Waals surface area contributed by atoms with Crippen LogP contribution in [0.25, 0.3) is 10.9 Å². The molecule has 4 heteroatoms. The molecule has 0 aliphatic heterocycles. The lowest BCUT2D eigenvalue weighted by molar-refractivity contribution is 0.0516. The maximum atomic E-state index is 11.9. The van der Waals surface area contributed by atoms with Gasteiger partial charge in [0.05, 0.1) is 19.2 Å². The van der Waals surface area contributed by atoms with E-state index in [1.807, 2.05) is 36.7 Å². The van der Waals surface area contributed by atoms with Gasteiger partial charge in [0.15, 0.2) is 0 Å². The Morgan fingerprint density at radius 1 is 1.39 bits per heavy atom. The fourth-order valence-corrected chi connectivity index (χ4v) is 2.14. The minimum atomic E-state index is -0.308. The topological polar surface area (TPSA) is 40.5 Å². The molecular weight excluding hydrogens is 230 g/mol. The van der Waals surface area contributed by atoms with Crippen molar-refractivity contribution in [1.29, 1.82) is 0 Å². The van der Waals surface area contributed by atoms with Gasteiger partial charge >= 0.3 is 5.97 Å². The Morgan fingerprint density at radius 3 is 2.72 bits per heavy atom. The van der Waals surface area contributed by atoms with Gasteiger partial charge in [0.1, 0.15) is 11.4 Å². The first-order valence-electron chi connectivity index (χ1n) is 5.90. The maximum Gasteiger partial charge on any atom is 0.354 e. The molecule has 0 N–H and O–H groups in total. The molecule has 1 heterocycles. The number of hydrogen-bond donors (Lipinski definition) is 0. The SMILES string of the molecule is CCOC(=O)c1cc2c(C)ccc(OC)c2n1C. The van der Waals surface area contributed by atoms with Gasteiger partial charge in [-0.3, -0.25) is 0 Å². The molecule has 96 valence electrons. The average Bonchev–Trinajstić information content (AvgIpc) is 2.70. The van der Waals surface area contributed by atoms with Crippen LogP contribution >= 0.6 is 0 Å². The van der Waals surface area contributed by atoms with Crippen LogP contribution in [0.15, 0.2) is 18.2 Å². The number of fused-ring (bicyclic) bond motifs is 1. The summed E-state index contributed by atoms with van der Waals surface area (Å²) in [6.45, 7) is 4.18. The third kappa shape index (κ3) is 1.83. The van der Waals surface area contributed by atoms with Gasteiger partial charge in [-0.2, -0.15) is 0 Å². The minimum absolute atomic E-state index is 0.308. The molecule has 0 fully saturated rings. The first kappa shape index (κ1) is 12.5. The molecule has 1 aromatic carbocycles. The molecule has 0 bridgehead atoms. The number of carbonyl (C=O) groups excluding carboxylic acids is 1. The summed E-state index contributed by atoms with van der Waals surface area (Å²) in [5, 5.41) is 1.01. The number of hydrogen-bond acceptors (Lipinski definition) is 3. The summed E-state index contributed by atoms with van der Waals surface area (Å²) in [5.41, 5.74) is 2.57. The molecule has 0 saturated heterocycles. The molecule has 0 unspecified atom stereocenters. The van der Waals surface area contributed by atoms with E-state index in [9.17, 15) is 4.79 Å². The van der Waals surface area contributed by atoms with Crippen LogP contribution < -0.4 is 4.74 Å². The molecule has 0 amide bonds. The summed E-state index contributed by atoms with van der Waals surface area (Å²) in [7, 11) is 3.47. The molecule has 18 heavy (non-hydrogen) atoms. The van der Waals surface area contributed by atoms with E-state index >= 15 is 0 Å². The Labute approximate surface area is 106 Å². The summed E-state index contributed by atoms with van der Waals surface area (Å²) < 4.78 is 12.2. The smallest absolute Gasteiger partial charge is 0.354 e. The van der Waals surface area contributed by atoms with E-state index in [-0.39, 0.29) is 5.97 Å². The molecule has 0 saturated carbocycles. The zero-order chi connectivity index (χ0) is 13.3. The van der Waals surface area contributed by atoms with Crippen LogP contribution in [0.4, 0.5) is 0 Å². The Kier molecular flexibility index (Phi) is 3.28. The van der Waals surface area contributed by atoms with Crippen molar-refractivity contribution in [2.45, 2.75) is 13.8 Å². The minimum Gasteiger partial charge on any atom is -0.495 e. The number of benzene rings is 1. The number of aryl methyl sites for hydroxylation is 2. The fraction of sp³-hybridized carbons (Fsp3) is 0.357. The molecular formula is C14H17NO3. The second-order valence-electron chi connectivity index (χ2n) is 4.16. The van der Waals surface area contributed by atoms with Crippen LogP contribution in [-0.4, -0.2) is 24.3 Å². The Bertz CT molecular complexity index is 599. The van der Waals surface area contributed by atoms with Crippen LogP contribution in [0.2, 0.25) is 0 Å². The second-order valence-corrected chi connectivity index (χ2v) is 4.16. The lowest BCUT2D eigenvalue weighted by Crippen LogP contribution is -2.09. The van der Waals surface area contributed by atoms with E-state index in [0.717, 1.165) is 22.2 Å². The van der Waals surface area contributed by atoms with E-state index in [4.69, 9.17) is 9.47 Å². The van der Waals surface area contributed by atoms with Gasteiger partial charge in [-0.1, -0.05) is 6.07 Å². The molecule has 4 nitrogen and oxygen atoms in total. The number of carbonyl (C=O) groups is 1. The summed E-state index contributed by atoms with van der Waals surface area (Å²) >= 11 is 0. The van der Waals surface area contributed by atoms with Crippen LogP contribution in [-0.2, 0) is 11.8 Å². The average molecular weight is 247 g/mol. The van der Waals surface area contributed by atoms with E-state index in [2.05, 4.69) is 0 Å². The normalized spacial score (nSPS) is 10.7. The van der Waals surface area contributed by atoms with Crippen molar-refractivity contribution in [1.82, 2.24) is 4.57 Å². The monoisotopic (exact) mass is 247 g/mol. The largest absolute Gasteiger partial charge is 0.495 e. The van der Waals surface area contributed by atoms with E-state index in [1.54, 1.807) is 14.0 Å². The summed E-state index contributed by atoms with van der Waals surface area (Å²) in [4.78, 5) is 11.9. The zero-order valence-corrected chi connectivity index (χ0v) is 11.1. The van der Waals surface area contributed by atoms with Crippen LogP contribution in [0.5, 0.6) is 5.75 Å². The Morgan fingerprint density at radius 2 is 2.11 bits per heavy atom. The number of aromatic nitrogens is 1. The highest BCUT2D eigenvalue weighted by Gasteiger charge is 2.17. The molecule has 0 aliphatic carbocycles. The Hall–Kier alpha value is -1.97. The predicted molar refractivity (Wildman–Crippen MR) is 70.2 cm³/mol. The summed E-state index contributed by atoms with van der Waals surface area (Å²) in [6.07, 6.45) is 0. The number of esters is 1. The lowest BCUT2D eigenvalue weighted by atomic mass is 10.1. The highest BCUT2D eigenvalue weighted by atomic mass is 16.5. The molecule has 2 rings (SSSR count). The van der Waals surface area contributed by atoms with Crippen molar-refractivity contribution >= 4 is 16.9 Å². The van der Waals surface area contributed by atoms with Crippen molar-refractivity contribution in [3.05, 3.63) is 29.5 Å². The van der Waals surface area contributed by atoms with Gasteiger partial charge in [0.25, 0.3) is 0 Å². The molecule has 0 atom stereocenters. The van der Waals surface area contributed by atoms with Crippen molar-refractivity contribution in [3.8, 4) is 5.75 Å². The van der Waals surface area contributed by atoms with Gasteiger partial charge in [-0.15, -0.1) is 0 Å². The predicted octanol–water partition coefficient (Wildman–Crippen LogP) is 2.67. The maximum absolute atomic E-state index is 11.9. The van der Waals surface area contributed by atoms with Gasteiger partial charge in [0, 0.05) is 12.4 Å². The van der Waals surface area contributed by atoms with Crippen LogP contribution in [0.1, 0.15) is 23.0 Å². The van der Waals surface area contributed by atoms with E-state index in [1.165, 1.54) is 0 Å². The van der Waals surface area contributed by atoms with Gasteiger partial charge in [-0.25, -0.2) is 4.79 Å². The van der Waals surface area contributed by atoms with Gasteiger partial charge in [-0.05, 0) is 31.5 Å². The quantitative estimate of drug-likeness (QED) is 0.783. The molecule has 0 radical (unpaired) electrons. The van der Waals surface area contributed by atoms with Crippen molar-refractivity contribution in [3.63, 3.8) is 0 Å². The molecule has 0 spiro atoms. The standard InChI is InChI=1S/C14H17NO3/c1-5-18-14(16)11-8-10-9(2)6-7-12(17-4)13(10)15(11)3/h6-8H,5H2,1-4H3. The number of methoxy groups -OCH3 is 1. The van der Waals surface area contributed by atoms with Crippen molar-refractivity contribution in [2.75, 3.05) is 13.7 Å². The summed E-state index contributed by atoms with van der Waals surface area (Å²) in [5.74, 6) is 0.450. The van der Waals surface area contributed by atoms with E-state index in [0.29, 0.717) is 12.3 Å². The fourth-order valence-electron chi connectivity index (χ4n) is 2.14. The Balaban J connectivity index is 2.69. The third-order valence-corrected chi connectivity index (χ3v) is 3.08. The van der Waals surface area contributed by atoms with Gasteiger partial charge in [0.2, 0.25) is 0 Å². The van der Waals surface area contributed by atoms with Crippen molar-refractivity contribution in [2.24, 2.45) is 7.05 Å². The first-order valence-corrected chi connectivity index (χ1v) is 5.90. The van der Waals surface area contributed by atoms with Gasteiger partial charge < -0.3 is 14.0 Å². The molecule has 2 aromatic rings. The zero-order valence-electron chi connectivity index (χ0n) is 11.1. The molecule has 0 aliphatic rings. The number of nitrogens with zero attached hydrogens (tertiary/aromatic N) is 1. The molecule has 1 aromatic heterocycles.